The average molecular weight is 505 g/mol. The van der Waals surface area contributed by atoms with Crippen LogP contribution in [0.3, 0.4) is 0 Å². The minimum absolute atomic E-state index is 0.0375. The molecule has 5 aliphatic rings. The van der Waals surface area contributed by atoms with Crippen LogP contribution in [0.2, 0.25) is 0 Å². The first kappa shape index (κ1) is 26.8. The van der Waals surface area contributed by atoms with Crippen LogP contribution in [0, 0.1) is 34.5 Å². The van der Waals surface area contributed by atoms with Gasteiger partial charge in [-0.05, 0) is 107 Å². The minimum Gasteiger partial charge on any atom is -0.390 e. The number of carbonyl (C=O) groups is 1. The van der Waals surface area contributed by atoms with Gasteiger partial charge in [0.15, 0.2) is 11.6 Å². The summed E-state index contributed by atoms with van der Waals surface area (Å²) in [5.41, 5.74) is -2.49. The standard InChI is InChI=1S/C30H48O6/c1-17(2)8-9-25(32)29(7,33)24-11-13-30(34)19-14-21(31)20-15-22-23(36-26(3,4)35-22)16-27(20,5)18(19)10-12-28(24,30)6/h14,17-18,20,22-25,32-34H,8-13,15-16H2,1-7H3/t18?,20?,22-,23+,24?,25-,27?,28?,29-,30-/m1/s1. The smallest absolute Gasteiger partial charge is 0.163 e. The van der Waals surface area contributed by atoms with Crippen molar-refractivity contribution in [3.8, 4) is 0 Å². The number of ketones is 1. The van der Waals surface area contributed by atoms with Gasteiger partial charge in [0, 0.05) is 11.3 Å². The molecule has 0 aromatic heterocycles. The Morgan fingerprint density at radius 3 is 2.39 bits per heavy atom. The summed E-state index contributed by atoms with van der Waals surface area (Å²) in [6.45, 7) is 14.2. The first-order chi connectivity index (χ1) is 16.5. The van der Waals surface area contributed by atoms with E-state index >= 15 is 0 Å². The lowest BCUT2D eigenvalue weighted by Gasteiger charge is -2.60. The lowest BCUT2D eigenvalue weighted by Crippen LogP contribution is -2.62. The highest BCUT2D eigenvalue weighted by Crippen LogP contribution is 2.69. The van der Waals surface area contributed by atoms with Crippen LogP contribution in [0.4, 0.5) is 0 Å². The van der Waals surface area contributed by atoms with Gasteiger partial charge in [-0.25, -0.2) is 0 Å². The molecule has 10 atom stereocenters. The van der Waals surface area contributed by atoms with Crippen molar-refractivity contribution >= 4 is 5.78 Å². The molecule has 4 fully saturated rings. The summed E-state index contributed by atoms with van der Waals surface area (Å²) >= 11 is 0. The second-order valence-electron chi connectivity index (χ2n) is 14.4. The third kappa shape index (κ3) is 3.72. The van der Waals surface area contributed by atoms with E-state index in [4.69, 9.17) is 9.47 Å². The molecule has 1 saturated heterocycles. The van der Waals surface area contributed by atoms with Crippen molar-refractivity contribution in [3.63, 3.8) is 0 Å². The zero-order valence-electron chi connectivity index (χ0n) is 23.3. The monoisotopic (exact) mass is 504 g/mol. The van der Waals surface area contributed by atoms with Gasteiger partial charge in [-0.1, -0.05) is 27.7 Å². The van der Waals surface area contributed by atoms with Crippen LogP contribution >= 0.6 is 0 Å². The van der Waals surface area contributed by atoms with E-state index in [-0.39, 0.29) is 41.2 Å². The van der Waals surface area contributed by atoms with Crippen LogP contribution in [-0.2, 0) is 14.3 Å². The van der Waals surface area contributed by atoms with E-state index < -0.39 is 28.5 Å². The average Bonchev–Trinajstić information content (AvgIpc) is 3.22. The molecule has 1 heterocycles. The number of hydrogen-bond acceptors (Lipinski definition) is 6. The fraction of sp³-hybridized carbons (Fsp3) is 0.900. The Morgan fingerprint density at radius 2 is 1.72 bits per heavy atom. The van der Waals surface area contributed by atoms with Crippen molar-refractivity contribution in [2.75, 3.05) is 0 Å². The topological polar surface area (TPSA) is 96.2 Å². The molecule has 0 aromatic carbocycles. The van der Waals surface area contributed by atoms with Gasteiger partial charge in [0.1, 0.15) is 0 Å². The predicted molar refractivity (Wildman–Crippen MR) is 137 cm³/mol. The largest absolute Gasteiger partial charge is 0.390 e. The van der Waals surface area contributed by atoms with E-state index in [1.165, 1.54) is 0 Å². The number of fused-ring (bicyclic) bond motifs is 6. The Bertz CT molecular complexity index is 938. The summed E-state index contributed by atoms with van der Waals surface area (Å²) < 4.78 is 12.4. The third-order valence-corrected chi connectivity index (χ3v) is 11.3. The van der Waals surface area contributed by atoms with Crippen molar-refractivity contribution in [2.45, 2.75) is 135 Å². The molecule has 0 aromatic rings. The van der Waals surface area contributed by atoms with Crippen LogP contribution in [-0.4, -0.2) is 56.4 Å². The van der Waals surface area contributed by atoms with Gasteiger partial charge in [0.25, 0.3) is 0 Å². The molecule has 0 radical (unpaired) electrons. The van der Waals surface area contributed by atoms with E-state index in [9.17, 15) is 20.1 Å². The normalized spacial score (nSPS) is 47.9. The van der Waals surface area contributed by atoms with Crippen LogP contribution < -0.4 is 0 Å². The van der Waals surface area contributed by atoms with E-state index in [0.29, 0.717) is 31.6 Å². The second-order valence-corrected chi connectivity index (χ2v) is 14.4. The van der Waals surface area contributed by atoms with Crippen molar-refractivity contribution in [1.29, 1.82) is 0 Å². The zero-order valence-corrected chi connectivity index (χ0v) is 23.3. The Balaban J connectivity index is 1.46. The van der Waals surface area contributed by atoms with Crippen molar-refractivity contribution in [3.05, 3.63) is 11.6 Å². The molecule has 0 bridgehead atoms. The van der Waals surface area contributed by atoms with Crippen LogP contribution in [0.1, 0.15) is 99.8 Å². The van der Waals surface area contributed by atoms with Gasteiger partial charge < -0.3 is 24.8 Å². The van der Waals surface area contributed by atoms with Gasteiger partial charge in [0.2, 0.25) is 0 Å². The molecular weight excluding hydrogens is 456 g/mol. The van der Waals surface area contributed by atoms with Crippen molar-refractivity contribution < 1.29 is 29.6 Å². The van der Waals surface area contributed by atoms with Gasteiger partial charge in [0.05, 0.1) is 29.5 Å². The third-order valence-electron chi connectivity index (χ3n) is 11.3. The summed E-state index contributed by atoms with van der Waals surface area (Å²) in [5.74, 6) is -0.369. The molecule has 5 unspecified atom stereocenters. The second kappa shape index (κ2) is 8.35. The fourth-order valence-electron chi connectivity index (χ4n) is 9.29. The summed E-state index contributed by atoms with van der Waals surface area (Å²) in [6, 6.07) is 0. The Morgan fingerprint density at radius 1 is 1.06 bits per heavy atom. The molecular formula is C30H48O6. The predicted octanol–water partition coefficient (Wildman–Crippen LogP) is 4.54. The van der Waals surface area contributed by atoms with Gasteiger partial charge in [-0.3, -0.25) is 4.79 Å². The Labute approximate surface area is 216 Å². The minimum atomic E-state index is -1.30. The summed E-state index contributed by atoms with van der Waals surface area (Å²) in [7, 11) is 0. The molecule has 204 valence electrons. The molecule has 5 rings (SSSR count). The fourth-order valence-corrected chi connectivity index (χ4v) is 9.29. The number of aliphatic hydroxyl groups excluding tert-OH is 1. The summed E-state index contributed by atoms with van der Waals surface area (Å²) in [6.07, 6.45) is 6.39. The van der Waals surface area contributed by atoms with Gasteiger partial charge >= 0.3 is 0 Å². The number of ether oxygens (including phenoxy) is 2. The van der Waals surface area contributed by atoms with Crippen LogP contribution in [0.15, 0.2) is 11.6 Å². The maximum atomic E-state index is 13.6. The maximum Gasteiger partial charge on any atom is 0.163 e. The van der Waals surface area contributed by atoms with E-state index in [1.807, 2.05) is 13.8 Å². The van der Waals surface area contributed by atoms with E-state index in [1.54, 1.807) is 13.0 Å². The zero-order chi connectivity index (χ0) is 26.5. The molecule has 3 N–H and O–H groups in total. The van der Waals surface area contributed by atoms with Crippen molar-refractivity contribution in [2.24, 2.45) is 34.5 Å². The quantitative estimate of drug-likeness (QED) is 0.509. The molecule has 0 spiro atoms. The summed E-state index contributed by atoms with van der Waals surface area (Å²) in [5, 5.41) is 35.1. The molecule has 1 aliphatic heterocycles. The number of carbonyl (C=O) groups excluding carboxylic acids is 1. The maximum absolute atomic E-state index is 13.6. The van der Waals surface area contributed by atoms with Gasteiger partial charge in [-0.2, -0.15) is 0 Å². The Hall–Kier alpha value is -0.790. The van der Waals surface area contributed by atoms with Crippen LogP contribution in [0.5, 0.6) is 0 Å². The molecule has 6 heteroatoms. The highest BCUT2D eigenvalue weighted by Gasteiger charge is 2.69. The molecule has 3 saturated carbocycles. The molecule has 4 aliphatic carbocycles. The summed E-state index contributed by atoms with van der Waals surface area (Å²) in [4.78, 5) is 13.6. The highest BCUT2D eigenvalue weighted by molar-refractivity contribution is 5.95. The van der Waals surface area contributed by atoms with E-state index in [0.717, 1.165) is 31.3 Å². The van der Waals surface area contributed by atoms with E-state index in [2.05, 4.69) is 27.7 Å². The molecule has 36 heavy (non-hydrogen) atoms. The number of rotatable bonds is 5. The number of hydrogen-bond donors (Lipinski definition) is 3. The molecule has 6 nitrogen and oxygen atoms in total. The number of aliphatic hydroxyl groups is 3. The SMILES string of the molecule is CC(C)CC[C@@H](O)[C@](C)(O)C1CC[C@@]2(O)C3=CC(=O)C4C[C@H]5OC(C)(C)O[C@H]5CC4(C)C3CCC12C. The number of allylic oxidation sites excluding steroid dienone is 1. The van der Waals surface area contributed by atoms with Crippen molar-refractivity contribution in [1.82, 2.24) is 0 Å². The lowest BCUT2D eigenvalue weighted by atomic mass is 9.45. The van der Waals surface area contributed by atoms with Crippen LogP contribution in [0.25, 0.3) is 0 Å². The highest BCUT2D eigenvalue weighted by atomic mass is 16.7. The first-order valence-electron chi connectivity index (χ1n) is 14.3. The lowest BCUT2D eigenvalue weighted by molar-refractivity contribution is -0.173. The molecule has 0 amide bonds. The first-order valence-corrected chi connectivity index (χ1v) is 14.3. The Kier molecular flexibility index (Phi) is 6.22. The van der Waals surface area contributed by atoms with Gasteiger partial charge in [-0.15, -0.1) is 0 Å².